The zero-order valence-electron chi connectivity index (χ0n) is 12.5. The van der Waals surface area contributed by atoms with Gasteiger partial charge in [-0.2, -0.15) is 0 Å². The van der Waals surface area contributed by atoms with Gasteiger partial charge in [-0.25, -0.2) is 0 Å². The van der Waals surface area contributed by atoms with Crippen LogP contribution in [0, 0.1) is 6.92 Å². The van der Waals surface area contributed by atoms with E-state index in [0.717, 1.165) is 24.2 Å². The summed E-state index contributed by atoms with van der Waals surface area (Å²) < 4.78 is 0. The highest BCUT2D eigenvalue weighted by molar-refractivity contribution is 5.47. The standard InChI is InChI=1S/C18H23NO/c1-4-18(20)16-9-11-17(12-10-16)19(3)13-15-7-5-14(2)6-8-15/h5-12,18,20H,4,13H2,1-3H3/t18-/m0/s1. The maximum absolute atomic E-state index is 9.81. The second kappa shape index (κ2) is 6.58. The number of anilines is 1. The van der Waals surface area contributed by atoms with E-state index >= 15 is 0 Å². The first-order valence-corrected chi connectivity index (χ1v) is 7.15. The molecular weight excluding hydrogens is 246 g/mol. The SMILES string of the molecule is CC[C@H](O)c1ccc(N(C)Cc2ccc(C)cc2)cc1. The largest absolute Gasteiger partial charge is 0.388 e. The van der Waals surface area contributed by atoms with Gasteiger partial charge in [-0.05, 0) is 36.6 Å². The van der Waals surface area contributed by atoms with Crippen LogP contribution in [0.25, 0.3) is 0 Å². The number of aliphatic hydroxyl groups is 1. The average Bonchev–Trinajstić information content (AvgIpc) is 2.49. The molecule has 2 rings (SSSR count). The molecule has 2 nitrogen and oxygen atoms in total. The van der Waals surface area contributed by atoms with Gasteiger partial charge in [-0.1, -0.05) is 48.9 Å². The van der Waals surface area contributed by atoms with Crippen LogP contribution in [0.5, 0.6) is 0 Å². The van der Waals surface area contributed by atoms with Crippen molar-refractivity contribution >= 4 is 5.69 Å². The average molecular weight is 269 g/mol. The van der Waals surface area contributed by atoms with E-state index < -0.39 is 0 Å². The minimum absolute atomic E-state index is 0.355. The normalized spacial score (nSPS) is 12.2. The van der Waals surface area contributed by atoms with Gasteiger partial charge in [0.05, 0.1) is 6.10 Å². The van der Waals surface area contributed by atoms with E-state index in [2.05, 4.69) is 55.3 Å². The number of nitrogens with zero attached hydrogens (tertiary/aromatic N) is 1. The van der Waals surface area contributed by atoms with Gasteiger partial charge >= 0.3 is 0 Å². The molecule has 20 heavy (non-hydrogen) atoms. The summed E-state index contributed by atoms with van der Waals surface area (Å²) in [6, 6.07) is 16.8. The van der Waals surface area contributed by atoms with Crippen molar-refractivity contribution < 1.29 is 5.11 Å². The Bertz CT molecular complexity index is 530. The second-order valence-corrected chi connectivity index (χ2v) is 5.36. The zero-order valence-corrected chi connectivity index (χ0v) is 12.5. The molecule has 2 aromatic carbocycles. The minimum Gasteiger partial charge on any atom is -0.388 e. The van der Waals surface area contributed by atoms with Gasteiger partial charge < -0.3 is 10.0 Å². The summed E-state index contributed by atoms with van der Waals surface area (Å²) in [5, 5.41) is 9.81. The first-order chi connectivity index (χ1) is 9.60. The molecular formula is C18H23NO. The Morgan fingerprint density at radius 1 is 1.00 bits per heavy atom. The van der Waals surface area contributed by atoms with Gasteiger partial charge in [-0.15, -0.1) is 0 Å². The van der Waals surface area contributed by atoms with Gasteiger partial charge in [0.15, 0.2) is 0 Å². The molecule has 0 saturated heterocycles. The Balaban J connectivity index is 2.05. The third-order valence-electron chi connectivity index (χ3n) is 3.65. The molecule has 0 aliphatic rings. The van der Waals surface area contributed by atoms with Crippen LogP contribution in [0.15, 0.2) is 48.5 Å². The van der Waals surface area contributed by atoms with Crippen LogP contribution in [-0.4, -0.2) is 12.2 Å². The molecule has 0 bridgehead atoms. The van der Waals surface area contributed by atoms with Crippen molar-refractivity contribution in [3.8, 4) is 0 Å². The van der Waals surface area contributed by atoms with E-state index in [0.29, 0.717) is 0 Å². The van der Waals surface area contributed by atoms with Crippen LogP contribution in [0.4, 0.5) is 5.69 Å². The molecule has 0 amide bonds. The van der Waals surface area contributed by atoms with Crippen LogP contribution in [0.1, 0.15) is 36.1 Å². The lowest BCUT2D eigenvalue weighted by Crippen LogP contribution is -2.16. The second-order valence-electron chi connectivity index (χ2n) is 5.36. The molecule has 0 saturated carbocycles. The van der Waals surface area contributed by atoms with Crippen LogP contribution in [0.3, 0.4) is 0 Å². The number of hydrogen-bond acceptors (Lipinski definition) is 2. The topological polar surface area (TPSA) is 23.5 Å². The van der Waals surface area contributed by atoms with E-state index in [1.165, 1.54) is 11.1 Å². The molecule has 0 aromatic heterocycles. The molecule has 0 spiro atoms. The predicted octanol–water partition coefficient (Wildman–Crippen LogP) is 4.07. The first kappa shape index (κ1) is 14.6. The van der Waals surface area contributed by atoms with E-state index in [1.807, 2.05) is 19.1 Å². The molecule has 2 heteroatoms. The molecule has 0 unspecified atom stereocenters. The van der Waals surface area contributed by atoms with Gasteiger partial charge in [0.25, 0.3) is 0 Å². The van der Waals surface area contributed by atoms with E-state index in [9.17, 15) is 5.11 Å². The van der Waals surface area contributed by atoms with Crippen molar-refractivity contribution in [2.75, 3.05) is 11.9 Å². The maximum atomic E-state index is 9.81. The van der Waals surface area contributed by atoms with E-state index in [-0.39, 0.29) is 6.10 Å². The summed E-state index contributed by atoms with van der Waals surface area (Å²) in [5.74, 6) is 0. The van der Waals surface area contributed by atoms with Crippen LogP contribution < -0.4 is 4.90 Å². The molecule has 0 aliphatic carbocycles. The monoisotopic (exact) mass is 269 g/mol. The van der Waals surface area contributed by atoms with E-state index in [1.54, 1.807) is 0 Å². The van der Waals surface area contributed by atoms with Gasteiger partial charge in [0.1, 0.15) is 0 Å². The van der Waals surface area contributed by atoms with Crippen molar-refractivity contribution in [1.82, 2.24) is 0 Å². The number of aliphatic hydroxyl groups excluding tert-OH is 1. The summed E-state index contributed by atoms with van der Waals surface area (Å²) >= 11 is 0. The number of benzene rings is 2. The van der Waals surface area contributed by atoms with Crippen LogP contribution in [-0.2, 0) is 6.54 Å². The quantitative estimate of drug-likeness (QED) is 0.884. The van der Waals surface area contributed by atoms with Gasteiger partial charge in [0.2, 0.25) is 0 Å². The summed E-state index contributed by atoms with van der Waals surface area (Å²) in [6.07, 6.45) is 0.393. The minimum atomic E-state index is -0.355. The maximum Gasteiger partial charge on any atom is 0.0787 e. The molecule has 0 radical (unpaired) electrons. The molecule has 1 N–H and O–H groups in total. The fourth-order valence-corrected chi connectivity index (χ4v) is 2.25. The summed E-state index contributed by atoms with van der Waals surface area (Å²) in [6.45, 7) is 4.98. The third kappa shape index (κ3) is 3.61. The number of aryl methyl sites for hydroxylation is 1. The highest BCUT2D eigenvalue weighted by Gasteiger charge is 2.06. The Labute approximate surface area is 121 Å². The fraction of sp³-hybridized carbons (Fsp3) is 0.333. The van der Waals surface area contributed by atoms with Crippen LogP contribution >= 0.6 is 0 Å². The van der Waals surface area contributed by atoms with Crippen molar-refractivity contribution in [2.45, 2.75) is 32.9 Å². The zero-order chi connectivity index (χ0) is 14.5. The molecule has 2 aromatic rings. The number of hydrogen-bond donors (Lipinski definition) is 1. The smallest absolute Gasteiger partial charge is 0.0787 e. The first-order valence-electron chi connectivity index (χ1n) is 7.15. The highest BCUT2D eigenvalue weighted by Crippen LogP contribution is 2.21. The highest BCUT2D eigenvalue weighted by atomic mass is 16.3. The number of rotatable bonds is 5. The van der Waals surface area contributed by atoms with Crippen molar-refractivity contribution in [3.63, 3.8) is 0 Å². The Morgan fingerprint density at radius 2 is 1.60 bits per heavy atom. The predicted molar refractivity (Wildman–Crippen MR) is 85.0 cm³/mol. The molecule has 0 heterocycles. The summed E-state index contributed by atoms with van der Waals surface area (Å²) in [4.78, 5) is 2.22. The summed E-state index contributed by atoms with van der Waals surface area (Å²) in [5.41, 5.74) is 4.74. The Kier molecular flexibility index (Phi) is 4.80. The molecule has 1 atom stereocenters. The van der Waals surface area contributed by atoms with Crippen molar-refractivity contribution in [2.24, 2.45) is 0 Å². The Hall–Kier alpha value is -1.80. The van der Waals surface area contributed by atoms with Gasteiger partial charge in [0, 0.05) is 19.3 Å². The van der Waals surface area contributed by atoms with E-state index in [4.69, 9.17) is 0 Å². The van der Waals surface area contributed by atoms with Crippen molar-refractivity contribution in [1.29, 1.82) is 0 Å². The fourth-order valence-electron chi connectivity index (χ4n) is 2.25. The summed E-state index contributed by atoms with van der Waals surface area (Å²) in [7, 11) is 2.09. The lowest BCUT2D eigenvalue weighted by molar-refractivity contribution is 0.173. The molecule has 106 valence electrons. The third-order valence-corrected chi connectivity index (χ3v) is 3.65. The Morgan fingerprint density at radius 3 is 2.15 bits per heavy atom. The van der Waals surface area contributed by atoms with Crippen LogP contribution in [0.2, 0.25) is 0 Å². The lowest BCUT2D eigenvalue weighted by Gasteiger charge is -2.20. The van der Waals surface area contributed by atoms with Gasteiger partial charge in [-0.3, -0.25) is 0 Å². The molecule has 0 aliphatic heterocycles. The lowest BCUT2D eigenvalue weighted by atomic mass is 10.1. The van der Waals surface area contributed by atoms with Crippen molar-refractivity contribution in [3.05, 3.63) is 65.2 Å². The molecule has 0 fully saturated rings.